The normalized spacial score (nSPS) is 27.8. The fourth-order valence-electron chi connectivity index (χ4n) is 2.69. The van der Waals surface area contributed by atoms with Crippen LogP contribution in [-0.4, -0.2) is 70.6 Å². The van der Waals surface area contributed by atoms with Gasteiger partial charge in [0.25, 0.3) is 0 Å². The zero-order chi connectivity index (χ0) is 22.6. The number of ether oxygens (including phenoxy) is 5. The quantitative estimate of drug-likeness (QED) is 0.338. The molecule has 0 aromatic heterocycles. The maximum Gasteiger partial charge on any atom is 0.303 e. The van der Waals surface area contributed by atoms with Gasteiger partial charge in [-0.05, 0) is 18.1 Å². The standard InChI is InChI=1S/C19H34O9Si/c1-11(20)25-15-14(10-24-29(8,9)19(4,5)6)28-18(23-7)17(27-13(3)22)16(15)26-12(2)21/h14-18H,10H2,1-9H3/t14-,15+,16+,17-,18-/m1/s1. The largest absolute Gasteiger partial charge is 0.456 e. The molecule has 0 N–H and O–H groups in total. The Morgan fingerprint density at radius 1 is 0.862 bits per heavy atom. The van der Waals surface area contributed by atoms with E-state index in [0.29, 0.717) is 0 Å². The van der Waals surface area contributed by atoms with E-state index in [2.05, 4.69) is 33.9 Å². The van der Waals surface area contributed by atoms with Crippen LogP contribution in [0.2, 0.25) is 18.1 Å². The highest BCUT2D eigenvalue weighted by molar-refractivity contribution is 6.74. The molecule has 0 aromatic rings. The summed E-state index contributed by atoms with van der Waals surface area (Å²) >= 11 is 0. The fourth-order valence-corrected chi connectivity index (χ4v) is 3.70. The van der Waals surface area contributed by atoms with E-state index < -0.39 is 56.9 Å². The van der Waals surface area contributed by atoms with E-state index in [1.54, 1.807) is 0 Å². The van der Waals surface area contributed by atoms with Crippen molar-refractivity contribution in [3.8, 4) is 0 Å². The van der Waals surface area contributed by atoms with Crippen molar-refractivity contribution >= 4 is 26.2 Å². The van der Waals surface area contributed by atoms with E-state index in [9.17, 15) is 14.4 Å². The van der Waals surface area contributed by atoms with Gasteiger partial charge >= 0.3 is 17.9 Å². The van der Waals surface area contributed by atoms with Crippen molar-refractivity contribution in [1.29, 1.82) is 0 Å². The molecule has 0 amide bonds. The van der Waals surface area contributed by atoms with Crippen molar-refractivity contribution in [3.63, 3.8) is 0 Å². The monoisotopic (exact) mass is 434 g/mol. The summed E-state index contributed by atoms with van der Waals surface area (Å²) in [4.78, 5) is 35.0. The number of esters is 3. The zero-order valence-electron chi connectivity index (χ0n) is 18.8. The Hall–Kier alpha value is -1.49. The number of methoxy groups -OCH3 is 1. The molecule has 0 radical (unpaired) electrons. The minimum atomic E-state index is -2.14. The van der Waals surface area contributed by atoms with Gasteiger partial charge in [0.1, 0.15) is 6.10 Å². The van der Waals surface area contributed by atoms with Gasteiger partial charge in [-0.2, -0.15) is 0 Å². The summed E-state index contributed by atoms with van der Waals surface area (Å²) in [6.45, 7) is 14.2. The molecule has 9 nitrogen and oxygen atoms in total. The molecule has 0 bridgehead atoms. The maximum atomic E-state index is 11.7. The van der Waals surface area contributed by atoms with Crippen molar-refractivity contribution in [3.05, 3.63) is 0 Å². The van der Waals surface area contributed by atoms with Crippen molar-refractivity contribution < 1.29 is 42.5 Å². The van der Waals surface area contributed by atoms with Crippen LogP contribution >= 0.6 is 0 Å². The Bertz CT molecular complexity index is 599. The predicted octanol–water partition coefficient (Wildman–Crippen LogP) is 2.17. The number of carbonyl (C=O) groups is 3. The summed E-state index contributed by atoms with van der Waals surface area (Å²) in [7, 11) is -0.763. The van der Waals surface area contributed by atoms with Gasteiger partial charge in [0.05, 0.1) is 6.61 Å². The number of hydrogen-bond acceptors (Lipinski definition) is 9. The molecular formula is C19H34O9Si. The number of hydrogen-bond donors (Lipinski definition) is 0. The Morgan fingerprint density at radius 2 is 1.31 bits per heavy atom. The van der Waals surface area contributed by atoms with Gasteiger partial charge in [-0.25, -0.2) is 0 Å². The molecule has 1 heterocycles. The molecule has 10 heteroatoms. The lowest BCUT2D eigenvalue weighted by Crippen LogP contribution is -2.63. The Labute approximate surface area is 173 Å². The number of rotatable bonds is 7. The van der Waals surface area contributed by atoms with Gasteiger partial charge in [0.2, 0.25) is 0 Å². The molecule has 1 aliphatic heterocycles. The van der Waals surface area contributed by atoms with Crippen LogP contribution < -0.4 is 0 Å². The second-order valence-corrected chi connectivity index (χ2v) is 13.4. The third-order valence-electron chi connectivity index (χ3n) is 5.14. The second-order valence-electron chi connectivity index (χ2n) is 8.57. The van der Waals surface area contributed by atoms with Crippen molar-refractivity contribution in [2.24, 2.45) is 0 Å². The first-order valence-corrected chi connectivity index (χ1v) is 12.4. The van der Waals surface area contributed by atoms with Crippen LogP contribution in [0.25, 0.3) is 0 Å². The molecule has 0 aliphatic carbocycles. The van der Waals surface area contributed by atoms with Crippen LogP contribution in [0.15, 0.2) is 0 Å². The van der Waals surface area contributed by atoms with E-state index in [0.717, 1.165) is 0 Å². The van der Waals surface area contributed by atoms with Crippen LogP contribution in [0.3, 0.4) is 0 Å². The van der Waals surface area contributed by atoms with Crippen molar-refractivity contribution in [2.45, 2.75) is 90.4 Å². The third kappa shape index (κ3) is 7.05. The van der Waals surface area contributed by atoms with Crippen LogP contribution in [-0.2, 0) is 42.5 Å². The molecular weight excluding hydrogens is 400 g/mol. The van der Waals surface area contributed by atoms with Crippen molar-refractivity contribution in [1.82, 2.24) is 0 Å². The van der Waals surface area contributed by atoms with Gasteiger partial charge in [-0.3, -0.25) is 14.4 Å². The van der Waals surface area contributed by atoms with Crippen LogP contribution in [0.5, 0.6) is 0 Å². The molecule has 1 saturated heterocycles. The van der Waals surface area contributed by atoms with Gasteiger partial charge in [-0.15, -0.1) is 0 Å². The SMILES string of the molecule is CO[C@@H]1O[C@H](CO[Si](C)(C)C(C)(C)C)[C@H](OC(C)=O)[C@H](OC(C)=O)[C@H]1OC(C)=O. The molecule has 0 saturated carbocycles. The van der Waals surface area contributed by atoms with Crippen LogP contribution in [0.4, 0.5) is 0 Å². The fraction of sp³-hybridized carbons (Fsp3) is 0.842. The molecule has 29 heavy (non-hydrogen) atoms. The highest BCUT2D eigenvalue weighted by Crippen LogP contribution is 2.37. The first-order chi connectivity index (χ1) is 13.2. The lowest BCUT2D eigenvalue weighted by atomic mass is 9.98. The molecule has 0 unspecified atom stereocenters. The van der Waals surface area contributed by atoms with Gasteiger partial charge in [0, 0.05) is 27.9 Å². The minimum Gasteiger partial charge on any atom is -0.456 e. The van der Waals surface area contributed by atoms with Gasteiger partial charge in [0.15, 0.2) is 32.9 Å². The first-order valence-electron chi connectivity index (χ1n) is 9.53. The average Bonchev–Trinajstić information content (AvgIpc) is 2.54. The Morgan fingerprint density at radius 3 is 1.72 bits per heavy atom. The molecule has 168 valence electrons. The topological polar surface area (TPSA) is 107 Å². The first kappa shape index (κ1) is 25.5. The molecule has 5 atom stereocenters. The smallest absolute Gasteiger partial charge is 0.303 e. The van der Waals surface area contributed by atoms with E-state index >= 15 is 0 Å². The molecule has 0 spiro atoms. The van der Waals surface area contributed by atoms with Crippen LogP contribution in [0.1, 0.15) is 41.5 Å². The summed E-state index contributed by atoms with van der Waals surface area (Å²) in [5, 5.41) is -0.0468. The molecule has 0 aromatic carbocycles. The van der Waals surface area contributed by atoms with E-state index in [1.807, 2.05) is 0 Å². The Balaban J connectivity index is 3.23. The zero-order valence-corrected chi connectivity index (χ0v) is 19.8. The van der Waals surface area contributed by atoms with Crippen LogP contribution in [0, 0.1) is 0 Å². The minimum absolute atomic E-state index is 0.0468. The van der Waals surface area contributed by atoms with Crippen molar-refractivity contribution in [2.75, 3.05) is 13.7 Å². The van der Waals surface area contributed by atoms with E-state index in [1.165, 1.54) is 27.9 Å². The van der Waals surface area contributed by atoms with Gasteiger partial charge in [-0.1, -0.05) is 20.8 Å². The molecule has 1 fully saturated rings. The van der Waals surface area contributed by atoms with Gasteiger partial charge < -0.3 is 28.1 Å². The summed E-state index contributed by atoms with van der Waals surface area (Å²) in [5.74, 6) is -1.83. The summed E-state index contributed by atoms with van der Waals surface area (Å²) in [6, 6.07) is 0. The Kier molecular flexibility index (Phi) is 8.82. The number of carbonyl (C=O) groups excluding carboxylic acids is 3. The summed E-state index contributed by atoms with van der Waals surface area (Å²) in [6.07, 6.45) is -5.05. The lowest BCUT2D eigenvalue weighted by Gasteiger charge is -2.45. The summed E-state index contributed by atoms with van der Waals surface area (Å²) < 4.78 is 33.5. The van der Waals surface area contributed by atoms with E-state index in [4.69, 9.17) is 28.1 Å². The maximum absolute atomic E-state index is 11.7. The lowest BCUT2D eigenvalue weighted by molar-refractivity contribution is -0.301. The highest BCUT2D eigenvalue weighted by atomic mass is 28.4. The van der Waals surface area contributed by atoms with E-state index in [-0.39, 0.29) is 11.6 Å². The predicted molar refractivity (Wildman–Crippen MR) is 105 cm³/mol. The summed E-state index contributed by atoms with van der Waals surface area (Å²) in [5.41, 5.74) is 0. The average molecular weight is 435 g/mol. The molecule has 1 aliphatic rings. The second kappa shape index (κ2) is 10.0. The molecule has 1 rings (SSSR count). The third-order valence-corrected chi connectivity index (χ3v) is 9.64. The highest BCUT2D eigenvalue weighted by Gasteiger charge is 2.52.